The third-order valence-electron chi connectivity index (χ3n) is 5.18. The van der Waals surface area contributed by atoms with Crippen LogP contribution in [-0.2, 0) is 14.3 Å². The van der Waals surface area contributed by atoms with Crippen molar-refractivity contribution < 1.29 is 19.0 Å². The molecule has 138 valence electrons. The van der Waals surface area contributed by atoms with Gasteiger partial charge in [0.25, 0.3) is 0 Å². The minimum Gasteiger partial charge on any atom is -0.493 e. The lowest BCUT2D eigenvalue weighted by Gasteiger charge is -2.34. The molecule has 0 saturated carbocycles. The van der Waals surface area contributed by atoms with E-state index in [1.165, 1.54) is 11.1 Å². The van der Waals surface area contributed by atoms with E-state index in [4.69, 9.17) is 14.2 Å². The molecule has 0 N–H and O–H groups in total. The first-order valence-corrected chi connectivity index (χ1v) is 9.26. The Morgan fingerprint density at radius 2 is 2.00 bits per heavy atom. The zero-order valence-electron chi connectivity index (χ0n) is 15.5. The van der Waals surface area contributed by atoms with Crippen molar-refractivity contribution in [3.05, 3.63) is 28.8 Å². The Balaban J connectivity index is 1.49. The van der Waals surface area contributed by atoms with Crippen molar-refractivity contribution in [1.82, 2.24) is 4.90 Å². The van der Waals surface area contributed by atoms with Crippen LogP contribution in [0, 0.1) is 26.7 Å². The lowest BCUT2D eigenvalue weighted by molar-refractivity contribution is -0.139. The van der Waals surface area contributed by atoms with Gasteiger partial charge in [-0.15, -0.1) is 0 Å². The first kappa shape index (κ1) is 18.2. The topological polar surface area (TPSA) is 48.0 Å². The van der Waals surface area contributed by atoms with E-state index in [0.29, 0.717) is 32.2 Å². The number of rotatable bonds is 5. The Morgan fingerprint density at radius 3 is 2.76 bits per heavy atom. The van der Waals surface area contributed by atoms with Gasteiger partial charge < -0.3 is 19.1 Å². The molecule has 2 aliphatic heterocycles. The average molecular weight is 347 g/mol. The van der Waals surface area contributed by atoms with Gasteiger partial charge >= 0.3 is 0 Å². The molecule has 1 aromatic carbocycles. The van der Waals surface area contributed by atoms with Crippen LogP contribution < -0.4 is 4.74 Å². The summed E-state index contributed by atoms with van der Waals surface area (Å²) >= 11 is 0. The fourth-order valence-corrected chi connectivity index (χ4v) is 3.66. The lowest BCUT2D eigenvalue weighted by atomic mass is 9.97. The first-order chi connectivity index (χ1) is 12.0. The molecule has 3 rings (SSSR count). The van der Waals surface area contributed by atoms with E-state index in [1.54, 1.807) is 0 Å². The van der Waals surface area contributed by atoms with Crippen LogP contribution in [0.25, 0.3) is 0 Å². The maximum Gasteiger partial charge on any atom is 0.226 e. The van der Waals surface area contributed by atoms with Crippen LogP contribution in [-0.4, -0.2) is 50.0 Å². The smallest absolute Gasteiger partial charge is 0.226 e. The SMILES string of the molecule is Cc1cc(C)c(C)c(OCCC(=O)N2CCCC(C3OCCO3)C2)c1. The molecule has 0 radical (unpaired) electrons. The van der Waals surface area contributed by atoms with Crippen molar-refractivity contribution >= 4 is 5.91 Å². The van der Waals surface area contributed by atoms with Crippen LogP contribution in [0.5, 0.6) is 5.75 Å². The Labute approximate surface area is 150 Å². The van der Waals surface area contributed by atoms with Gasteiger partial charge in [-0.2, -0.15) is 0 Å². The summed E-state index contributed by atoms with van der Waals surface area (Å²) in [5.74, 6) is 1.34. The number of hydrogen-bond donors (Lipinski definition) is 0. The summed E-state index contributed by atoms with van der Waals surface area (Å²) < 4.78 is 17.1. The highest BCUT2D eigenvalue weighted by atomic mass is 16.7. The number of piperidine rings is 1. The number of amides is 1. The molecule has 5 nitrogen and oxygen atoms in total. The van der Waals surface area contributed by atoms with E-state index < -0.39 is 0 Å². The van der Waals surface area contributed by atoms with E-state index in [2.05, 4.69) is 26.8 Å². The van der Waals surface area contributed by atoms with Crippen molar-refractivity contribution in [1.29, 1.82) is 0 Å². The Morgan fingerprint density at radius 1 is 1.24 bits per heavy atom. The number of carbonyl (C=O) groups is 1. The summed E-state index contributed by atoms with van der Waals surface area (Å²) in [6, 6.07) is 4.19. The molecular formula is C20H29NO4. The number of aryl methyl sites for hydroxylation is 2. The number of carbonyl (C=O) groups excluding carboxylic acids is 1. The predicted octanol–water partition coefficient (Wildman–Crippen LogP) is 2.99. The van der Waals surface area contributed by atoms with E-state index in [-0.39, 0.29) is 12.2 Å². The second-order valence-corrected chi connectivity index (χ2v) is 7.16. The zero-order valence-corrected chi connectivity index (χ0v) is 15.5. The summed E-state index contributed by atoms with van der Waals surface area (Å²) in [5.41, 5.74) is 3.54. The number of ether oxygens (including phenoxy) is 3. The van der Waals surface area contributed by atoms with E-state index in [0.717, 1.165) is 37.2 Å². The highest BCUT2D eigenvalue weighted by molar-refractivity contribution is 5.76. The zero-order chi connectivity index (χ0) is 17.8. The molecule has 5 heteroatoms. The number of nitrogens with zero attached hydrogens (tertiary/aromatic N) is 1. The van der Waals surface area contributed by atoms with Gasteiger partial charge in [0.2, 0.25) is 5.91 Å². The normalized spacial score (nSPS) is 21.6. The molecule has 2 fully saturated rings. The molecule has 1 aromatic rings. The molecular weight excluding hydrogens is 318 g/mol. The molecule has 25 heavy (non-hydrogen) atoms. The second-order valence-electron chi connectivity index (χ2n) is 7.16. The number of hydrogen-bond acceptors (Lipinski definition) is 4. The van der Waals surface area contributed by atoms with Gasteiger partial charge in [-0.1, -0.05) is 6.07 Å². The van der Waals surface area contributed by atoms with Crippen LogP contribution in [0.15, 0.2) is 12.1 Å². The molecule has 2 saturated heterocycles. The minimum absolute atomic E-state index is 0.134. The molecule has 0 aliphatic carbocycles. The molecule has 1 unspecified atom stereocenters. The highest BCUT2D eigenvalue weighted by Crippen LogP contribution is 2.26. The monoisotopic (exact) mass is 347 g/mol. The molecule has 2 heterocycles. The first-order valence-electron chi connectivity index (χ1n) is 9.26. The van der Waals surface area contributed by atoms with Crippen molar-refractivity contribution in [3.8, 4) is 5.75 Å². The molecule has 0 aromatic heterocycles. The fourth-order valence-electron chi connectivity index (χ4n) is 3.66. The predicted molar refractivity (Wildman–Crippen MR) is 95.8 cm³/mol. The molecule has 2 aliphatic rings. The van der Waals surface area contributed by atoms with Crippen LogP contribution in [0.1, 0.15) is 36.0 Å². The summed E-state index contributed by atoms with van der Waals surface area (Å²) in [6.45, 7) is 9.50. The van der Waals surface area contributed by atoms with Crippen molar-refractivity contribution in [3.63, 3.8) is 0 Å². The van der Waals surface area contributed by atoms with Gasteiger partial charge in [-0.05, 0) is 56.4 Å². The maximum absolute atomic E-state index is 12.5. The summed E-state index contributed by atoms with van der Waals surface area (Å²) in [5, 5.41) is 0. The van der Waals surface area contributed by atoms with Crippen LogP contribution in [0.3, 0.4) is 0 Å². The van der Waals surface area contributed by atoms with Crippen LogP contribution in [0.2, 0.25) is 0 Å². The van der Waals surface area contributed by atoms with Gasteiger partial charge in [0, 0.05) is 19.0 Å². The fraction of sp³-hybridized carbons (Fsp3) is 0.650. The third kappa shape index (κ3) is 4.53. The van der Waals surface area contributed by atoms with Gasteiger partial charge in [0.15, 0.2) is 6.29 Å². The van der Waals surface area contributed by atoms with Crippen molar-refractivity contribution in [2.75, 3.05) is 32.9 Å². The average Bonchev–Trinajstić information content (AvgIpc) is 3.13. The quantitative estimate of drug-likeness (QED) is 0.822. The maximum atomic E-state index is 12.5. The van der Waals surface area contributed by atoms with Crippen LogP contribution in [0.4, 0.5) is 0 Å². The highest BCUT2D eigenvalue weighted by Gasteiger charge is 2.32. The Kier molecular flexibility index (Phi) is 5.97. The Hall–Kier alpha value is -1.59. The standard InChI is InChI=1S/C20H29NO4/c1-14-11-15(2)16(3)18(12-14)23-8-6-19(22)21-7-4-5-17(13-21)20-24-9-10-25-20/h11-12,17,20H,4-10,13H2,1-3H3. The number of benzene rings is 1. The van der Waals surface area contributed by atoms with Crippen molar-refractivity contribution in [2.45, 2.75) is 46.3 Å². The third-order valence-corrected chi connectivity index (χ3v) is 5.18. The molecule has 1 atom stereocenters. The van der Waals surface area contributed by atoms with Gasteiger partial charge in [0.05, 0.1) is 26.2 Å². The minimum atomic E-state index is -0.134. The molecule has 0 bridgehead atoms. The summed E-state index contributed by atoms with van der Waals surface area (Å²) in [6.07, 6.45) is 2.35. The number of likely N-dealkylation sites (tertiary alicyclic amines) is 1. The molecule has 1 amide bonds. The van der Waals surface area contributed by atoms with Gasteiger partial charge in [-0.25, -0.2) is 0 Å². The van der Waals surface area contributed by atoms with E-state index in [9.17, 15) is 4.79 Å². The second kappa shape index (κ2) is 8.19. The van der Waals surface area contributed by atoms with Crippen molar-refractivity contribution in [2.24, 2.45) is 5.92 Å². The summed E-state index contributed by atoms with van der Waals surface area (Å²) in [7, 11) is 0. The van der Waals surface area contributed by atoms with Gasteiger partial charge in [-0.3, -0.25) is 4.79 Å². The van der Waals surface area contributed by atoms with E-state index in [1.807, 2.05) is 11.0 Å². The Bertz CT molecular complexity index is 610. The van der Waals surface area contributed by atoms with E-state index >= 15 is 0 Å². The molecule has 0 spiro atoms. The van der Waals surface area contributed by atoms with Crippen LogP contribution >= 0.6 is 0 Å². The lowest BCUT2D eigenvalue weighted by Crippen LogP contribution is -2.44. The summed E-state index contributed by atoms with van der Waals surface area (Å²) in [4.78, 5) is 14.5. The largest absolute Gasteiger partial charge is 0.493 e. The van der Waals surface area contributed by atoms with Gasteiger partial charge in [0.1, 0.15) is 5.75 Å².